The fourth-order valence-corrected chi connectivity index (χ4v) is 3.20. The summed E-state index contributed by atoms with van der Waals surface area (Å²) in [5.41, 5.74) is 7.04. The summed E-state index contributed by atoms with van der Waals surface area (Å²) < 4.78 is 0. The highest BCUT2D eigenvalue weighted by molar-refractivity contribution is 6.31. The van der Waals surface area contributed by atoms with Crippen molar-refractivity contribution < 1.29 is 4.79 Å². The van der Waals surface area contributed by atoms with Gasteiger partial charge in [-0.3, -0.25) is 4.79 Å². The quantitative estimate of drug-likeness (QED) is 0.893. The topological polar surface area (TPSA) is 55.1 Å². The number of carbonyl (C=O) groups is 1. The third kappa shape index (κ3) is 3.53. The van der Waals surface area contributed by atoms with Gasteiger partial charge in [0.25, 0.3) is 0 Å². The molecule has 0 heterocycles. The summed E-state index contributed by atoms with van der Waals surface area (Å²) in [7, 11) is 0. The van der Waals surface area contributed by atoms with Crippen molar-refractivity contribution >= 4 is 17.5 Å². The second kappa shape index (κ2) is 6.15. The number of benzene rings is 1. The molecule has 4 heteroatoms. The van der Waals surface area contributed by atoms with Gasteiger partial charge in [0.05, 0.1) is 0 Å². The lowest BCUT2D eigenvalue weighted by atomic mass is 9.73. The van der Waals surface area contributed by atoms with Gasteiger partial charge in [-0.05, 0) is 36.0 Å². The summed E-state index contributed by atoms with van der Waals surface area (Å²) in [4.78, 5) is 11.1. The molecule has 1 aromatic carbocycles. The zero-order valence-electron chi connectivity index (χ0n) is 12.2. The van der Waals surface area contributed by atoms with E-state index in [1.807, 2.05) is 6.07 Å². The van der Waals surface area contributed by atoms with Crippen LogP contribution in [-0.4, -0.2) is 11.9 Å². The molecule has 110 valence electrons. The lowest BCUT2D eigenvalue weighted by Crippen LogP contribution is -2.43. The minimum atomic E-state index is -0.445. The first kappa shape index (κ1) is 15.3. The molecule has 0 aliphatic heterocycles. The number of amides is 1. The van der Waals surface area contributed by atoms with Crippen molar-refractivity contribution in [1.82, 2.24) is 5.32 Å². The standard InChI is InChI=1S/C16H23ClN2O/c1-16(2)8-4-3-5-14(16)19-10-12-7-6-11(15(18)20)9-13(12)17/h6-7,9,14,19H,3-5,8,10H2,1-2H3,(H2,18,20). The van der Waals surface area contributed by atoms with Crippen molar-refractivity contribution in [3.63, 3.8) is 0 Å². The first-order chi connectivity index (χ1) is 9.40. The van der Waals surface area contributed by atoms with E-state index in [4.69, 9.17) is 17.3 Å². The normalized spacial score (nSPS) is 21.6. The number of halogens is 1. The van der Waals surface area contributed by atoms with Crippen LogP contribution in [0, 0.1) is 5.41 Å². The van der Waals surface area contributed by atoms with E-state index < -0.39 is 5.91 Å². The third-order valence-corrected chi connectivity index (χ3v) is 4.74. The first-order valence-electron chi connectivity index (χ1n) is 7.22. The molecule has 1 fully saturated rings. The van der Waals surface area contributed by atoms with Crippen LogP contribution in [0.5, 0.6) is 0 Å². The van der Waals surface area contributed by atoms with E-state index in [0.717, 1.165) is 12.1 Å². The Morgan fingerprint density at radius 3 is 2.80 bits per heavy atom. The van der Waals surface area contributed by atoms with E-state index in [0.29, 0.717) is 22.0 Å². The number of nitrogens with one attached hydrogen (secondary N) is 1. The van der Waals surface area contributed by atoms with Gasteiger partial charge in [-0.2, -0.15) is 0 Å². The fraction of sp³-hybridized carbons (Fsp3) is 0.562. The maximum absolute atomic E-state index is 11.1. The van der Waals surface area contributed by atoms with Crippen molar-refractivity contribution in [1.29, 1.82) is 0 Å². The second-order valence-electron chi connectivity index (χ2n) is 6.34. The van der Waals surface area contributed by atoms with E-state index in [1.165, 1.54) is 25.7 Å². The second-order valence-corrected chi connectivity index (χ2v) is 6.75. The summed E-state index contributed by atoms with van der Waals surface area (Å²) in [5.74, 6) is -0.445. The molecule has 20 heavy (non-hydrogen) atoms. The van der Waals surface area contributed by atoms with Gasteiger partial charge in [-0.1, -0.05) is 44.4 Å². The van der Waals surface area contributed by atoms with E-state index in [9.17, 15) is 4.79 Å². The lowest BCUT2D eigenvalue weighted by molar-refractivity contribution is 0.100. The van der Waals surface area contributed by atoms with Crippen LogP contribution in [0.4, 0.5) is 0 Å². The Labute approximate surface area is 125 Å². The van der Waals surface area contributed by atoms with Crippen LogP contribution in [0.25, 0.3) is 0 Å². The molecular weight excluding hydrogens is 272 g/mol. The Balaban J connectivity index is 2.02. The Bertz CT molecular complexity index is 499. The molecule has 1 aromatic rings. The Morgan fingerprint density at radius 1 is 1.45 bits per heavy atom. The third-order valence-electron chi connectivity index (χ3n) is 4.38. The van der Waals surface area contributed by atoms with Gasteiger partial charge in [0.15, 0.2) is 0 Å². The summed E-state index contributed by atoms with van der Waals surface area (Å²) in [6, 6.07) is 5.78. The van der Waals surface area contributed by atoms with Gasteiger partial charge in [-0.15, -0.1) is 0 Å². The average Bonchev–Trinajstić information content (AvgIpc) is 2.38. The summed E-state index contributed by atoms with van der Waals surface area (Å²) in [6.07, 6.45) is 5.08. The van der Waals surface area contributed by atoms with Crippen LogP contribution < -0.4 is 11.1 Å². The van der Waals surface area contributed by atoms with Gasteiger partial charge in [0.1, 0.15) is 0 Å². The average molecular weight is 295 g/mol. The molecule has 0 saturated heterocycles. The van der Waals surface area contributed by atoms with E-state index >= 15 is 0 Å². The lowest BCUT2D eigenvalue weighted by Gasteiger charge is -2.39. The van der Waals surface area contributed by atoms with Gasteiger partial charge < -0.3 is 11.1 Å². The van der Waals surface area contributed by atoms with Crippen LogP contribution in [0.2, 0.25) is 5.02 Å². The van der Waals surface area contributed by atoms with Crippen LogP contribution in [-0.2, 0) is 6.54 Å². The molecule has 0 aromatic heterocycles. The summed E-state index contributed by atoms with van der Waals surface area (Å²) in [5, 5.41) is 4.22. The molecule has 1 amide bonds. The molecule has 1 aliphatic carbocycles. The zero-order valence-corrected chi connectivity index (χ0v) is 13.0. The number of carbonyl (C=O) groups excluding carboxylic acids is 1. The molecule has 0 bridgehead atoms. The van der Waals surface area contributed by atoms with Gasteiger partial charge in [-0.25, -0.2) is 0 Å². The number of rotatable bonds is 4. The molecule has 0 spiro atoms. The minimum absolute atomic E-state index is 0.331. The molecule has 2 rings (SSSR count). The number of hydrogen-bond donors (Lipinski definition) is 2. The number of primary amides is 1. The molecular formula is C16H23ClN2O. The van der Waals surface area contributed by atoms with Crippen molar-refractivity contribution in [2.75, 3.05) is 0 Å². The Morgan fingerprint density at radius 2 is 2.20 bits per heavy atom. The maximum atomic E-state index is 11.1. The highest BCUT2D eigenvalue weighted by Crippen LogP contribution is 2.35. The monoisotopic (exact) mass is 294 g/mol. The van der Waals surface area contributed by atoms with Crippen molar-refractivity contribution in [2.24, 2.45) is 11.1 Å². The Kier molecular flexibility index (Phi) is 4.71. The van der Waals surface area contributed by atoms with Gasteiger partial charge in [0, 0.05) is 23.2 Å². The molecule has 1 saturated carbocycles. The largest absolute Gasteiger partial charge is 0.366 e. The first-order valence-corrected chi connectivity index (χ1v) is 7.59. The van der Waals surface area contributed by atoms with Crippen molar-refractivity contribution in [3.8, 4) is 0 Å². The Hall–Kier alpha value is -1.06. The van der Waals surface area contributed by atoms with Gasteiger partial charge in [0.2, 0.25) is 5.91 Å². The highest BCUT2D eigenvalue weighted by Gasteiger charge is 2.31. The molecule has 3 nitrogen and oxygen atoms in total. The summed E-state index contributed by atoms with van der Waals surface area (Å²) in [6.45, 7) is 5.37. The zero-order chi connectivity index (χ0) is 14.8. The van der Waals surface area contributed by atoms with E-state index in [2.05, 4.69) is 19.2 Å². The number of hydrogen-bond acceptors (Lipinski definition) is 2. The molecule has 1 atom stereocenters. The molecule has 3 N–H and O–H groups in total. The molecule has 1 unspecified atom stereocenters. The van der Waals surface area contributed by atoms with Crippen LogP contribution in [0.1, 0.15) is 55.5 Å². The smallest absolute Gasteiger partial charge is 0.248 e. The van der Waals surface area contributed by atoms with Crippen LogP contribution in [0.3, 0.4) is 0 Å². The van der Waals surface area contributed by atoms with Crippen LogP contribution >= 0.6 is 11.6 Å². The van der Waals surface area contributed by atoms with Gasteiger partial charge >= 0.3 is 0 Å². The minimum Gasteiger partial charge on any atom is -0.366 e. The van der Waals surface area contributed by atoms with E-state index in [1.54, 1.807) is 12.1 Å². The van der Waals surface area contributed by atoms with Crippen molar-refractivity contribution in [3.05, 3.63) is 34.3 Å². The SMILES string of the molecule is CC1(C)CCCCC1NCc1ccc(C(N)=O)cc1Cl. The molecule has 0 radical (unpaired) electrons. The van der Waals surface area contributed by atoms with Crippen molar-refractivity contribution in [2.45, 2.75) is 52.1 Å². The fourth-order valence-electron chi connectivity index (χ4n) is 2.95. The predicted molar refractivity (Wildman–Crippen MR) is 82.8 cm³/mol. The highest BCUT2D eigenvalue weighted by atomic mass is 35.5. The van der Waals surface area contributed by atoms with E-state index in [-0.39, 0.29) is 0 Å². The summed E-state index contributed by atoms with van der Waals surface area (Å²) >= 11 is 6.21. The number of nitrogens with two attached hydrogens (primary N) is 1. The van der Waals surface area contributed by atoms with Crippen LogP contribution in [0.15, 0.2) is 18.2 Å². The predicted octanol–water partition coefficient (Wildman–Crippen LogP) is 3.50. The maximum Gasteiger partial charge on any atom is 0.248 e. The molecule has 1 aliphatic rings.